The van der Waals surface area contributed by atoms with Crippen LogP contribution in [0.3, 0.4) is 0 Å². The van der Waals surface area contributed by atoms with Crippen LogP contribution >= 0.6 is 0 Å². The zero-order chi connectivity index (χ0) is 12.7. The Balaban J connectivity index is 0.000000171. The Morgan fingerprint density at radius 1 is 0.941 bits per heavy atom. The number of hydrogen-bond donors (Lipinski definition) is 0. The second kappa shape index (κ2) is 6.51. The van der Waals surface area contributed by atoms with Gasteiger partial charge in [0.2, 0.25) is 0 Å². The van der Waals surface area contributed by atoms with Crippen LogP contribution in [0.15, 0.2) is 48.1 Å². The lowest BCUT2D eigenvalue weighted by atomic mass is 10.1. The molecule has 0 aromatic heterocycles. The highest BCUT2D eigenvalue weighted by molar-refractivity contribution is 5.59. The van der Waals surface area contributed by atoms with Crippen molar-refractivity contribution in [3.8, 4) is 0 Å². The molecule has 0 N–H and O–H groups in total. The topological polar surface area (TPSA) is 17.1 Å². The van der Waals surface area contributed by atoms with Gasteiger partial charge >= 0.3 is 0 Å². The smallest absolute Gasteiger partial charge is 0.129 e. The van der Waals surface area contributed by atoms with Gasteiger partial charge in [0.05, 0.1) is 0 Å². The molecule has 0 amide bonds. The summed E-state index contributed by atoms with van der Waals surface area (Å²) in [7, 11) is 0. The monoisotopic (exact) mass is 238 g/mol. The highest BCUT2D eigenvalue weighted by atomic mass is 19.1. The third-order valence-corrected chi connectivity index (χ3v) is 1.84. The molecule has 0 saturated carbocycles. The quantitative estimate of drug-likeness (QED) is 0.633. The molecule has 88 valence electrons. The predicted octanol–water partition coefficient (Wildman–Crippen LogP) is 3.36. The summed E-state index contributed by atoms with van der Waals surface area (Å²) in [5.41, 5.74) is 0.729. The van der Waals surface area contributed by atoms with Crippen molar-refractivity contribution in [3.05, 3.63) is 65.5 Å². The van der Waals surface area contributed by atoms with Crippen molar-refractivity contribution in [1.82, 2.24) is 0 Å². The second-order valence-electron chi connectivity index (χ2n) is 3.21. The second-order valence-corrected chi connectivity index (χ2v) is 3.21. The summed E-state index contributed by atoms with van der Waals surface area (Å²) in [6.07, 6.45) is 8.19. The van der Waals surface area contributed by atoms with Gasteiger partial charge in [-0.25, -0.2) is 18.0 Å². The molecule has 0 spiro atoms. The minimum atomic E-state index is -0.896. The van der Waals surface area contributed by atoms with E-state index in [4.69, 9.17) is 0 Å². The number of benzene rings is 1. The summed E-state index contributed by atoms with van der Waals surface area (Å²) in [6, 6.07) is 1.84. The minimum absolute atomic E-state index is 0.614. The van der Waals surface area contributed by atoms with E-state index in [1.165, 1.54) is 0 Å². The fourth-order valence-electron chi connectivity index (χ4n) is 1.11. The Morgan fingerprint density at radius 2 is 1.47 bits per heavy atom. The molecule has 0 unspecified atom stereocenters. The molecule has 0 radical (unpaired) electrons. The zero-order valence-corrected chi connectivity index (χ0v) is 8.79. The van der Waals surface area contributed by atoms with Crippen molar-refractivity contribution < 1.29 is 18.0 Å². The van der Waals surface area contributed by atoms with Gasteiger partial charge in [-0.3, -0.25) is 0 Å². The number of allylic oxidation sites excluding steroid dienone is 5. The Labute approximate surface area is 96.6 Å². The summed E-state index contributed by atoms with van der Waals surface area (Å²) in [5, 5.41) is 0. The molecule has 0 aliphatic heterocycles. The first-order valence-corrected chi connectivity index (χ1v) is 4.80. The normalized spacial score (nSPS) is 12.8. The van der Waals surface area contributed by atoms with Gasteiger partial charge in [0.1, 0.15) is 23.4 Å². The molecular formula is C13H9F3O. The molecule has 1 aromatic rings. The largest absolute Gasteiger partial charge is 0.233 e. The lowest BCUT2D eigenvalue weighted by Gasteiger charge is -1.92. The van der Waals surface area contributed by atoms with E-state index < -0.39 is 17.5 Å². The van der Waals surface area contributed by atoms with Crippen molar-refractivity contribution in [2.24, 2.45) is 0 Å². The first kappa shape index (κ1) is 13.0. The van der Waals surface area contributed by atoms with E-state index >= 15 is 0 Å². The van der Waals surface area contributed by atoms with E-state index in [0.717, 1.165) is 12.0 Å². The van der Waals surface area contributed by atoms with Crippen LogP contribution in [-0.2, 0) is 4.79 Å². The summed E-state index contributed by atoms with van der Waals surface area (Å²) >= 11 is 0. The molecular weight excluding hydrogens is 229 g/mol. The average molecular weight is 238 g/mol. The number of rotatable bonds is 0. The van der Waals surface area contributed by atoms with E-state index in [9.17, 15) is 18.0 Å². The predicted molar refractivity (Wildman–Crippen MR) is 58.4 cm³/mol. The van der Waals surface area contributed by atoms with Gasteiger partial charge in [0.15, 0.2) is 0 Å². The Kier molecular flexibility index (Phi) is 4.98. The fraction of sp³-hybridized carbons (Fsp3) is 0.0769. The molecule has 1 aliphatic carbocycles. The molecule has 17 heavy (non-hydrogen) atoms. The van der Waals surface area contributed by atoms with E-state index in [1.807, 2.05) is 24.2 Å². The van der Waals surface area contributed by atoms with Crippen molar-refractivity contribution in [3.63, 3.8) is 0 Å². The van der Waals surface area contributed by atoms with E-state index in [0.29, 0.717) is 18.2 Å². The first-order chi connectivity index (χ1) is 8.11. The van der Waals surface area contributed by atoms with Gasteiger partial charge in [0, 0.05) is 30.2 Å². The molecule has 2 rings (SSSR count). The Morgan fingerprint density at radius 3 is 1.76 bits per heavy atom. The van der Waals surface area contributed by atoms with Gasteiger partial charge in [-0.05, 0) is 6.08 Å². The first-order valence-electron chi connectivity index (χ1n) is 4.80. The van der Waals surface area contributed by atoms with Gasteiger partial charge in [-0.1, -0.05) is 18.2 Å². The van der Waals surface area contributed by atoms with Crippen LogP contribution < -0.4 is 0 Å². The molecule has 0 bridgehead atoms. The molecule has 0 atom stereocenters. The standard InChI is InChI=1S/C7H6O.C6H3F3/c8-6-7-4-2-1-3-5-7;7-4-1-5(8)3-6(9)2-4/h1-4H,5H2;1-3H. The van der Waals surface area contributed by atoms with Gasteiger partial charge in [-0.15, -0.1) is 0 Å². The lowest BCUT2D eigenvalue weighted by molar-refractivity contribution is 0.543. The molecule has 0 fully saturated rings. The van der Waals surface area contributed by atoms with E-state index in [-0.39, 0.29) is 0 Å². The van der Waals surface area contributed by atoms with Gasteiger partial charge in [-0.2, -0.15) is 0 Å². The van der Waals surface area contributed by atoms with Crippen LogP contribution in [-0.4, -0.2) is 5.94 Å². The highest BCUT2D eigenvalue weighted by Gasteiger charge is 1.96. The number of carbonyl (C=O) groups excluding carboxylic acids is 1. The van der Waals surface area contributed by atoms with Crippen LogP contribution in [0.5, 0.6) is 0 Å². The Bertz CT molecular complexity index is 447. The molecule has 1 nitrogen and oxygen atoms in total. The van der Waals surface area contributed by atoms with Crippen LogP contribution in [0.25, 0.3) is 0 Å². The maximum Gasteiger partial charge on any atom is 0.129 e. The van der Waals surface area contributed by atoms with Crippen molar-refractivity contribution >= 4 is 5.94 Å². The van der Waals surface area contributed by atoms with Gasteiger partial charge < -0.3 is 0 Å². The molecule has 0 saturated heterocycles. The van der Waals surface area contributed by atoms with Gasteiger partial charge in [0.25, 0.3) is 0 Å². The molecule has 0 heterocycles. The third kappa shape index (κ3) is 5.00. The zero-order valence-electron chi connectivity index (χ0n) is 8.79. The van der Waals surface area contributed by atoms with E-state index in [1.54, 1.807) is 6.08 Å². The van der Waals surface area contributed by atoms with E-state index in [2.05, 4.69) is 0 Å². The van der Waals surface area contributed by atoms with Crippen LogP contribution in [0.4, 0.5) is 13.2 Å². The van der Waals surface area contributed by atoms with Crippen LogP contribution in [0, 0.1) is 17.5 Å². The van der Waals surface area contributed by atoms with Crippen molar-refractivity contribution in [1.29, 1.82) is 0 Å². The van der Waals surface area contributed by atoms with Crippen LogP contribution in [0.2, 0.25) is 0 Å². The maximum absolute atomic E-state index is 11.9. The van der Waals surface area contributed by atoms with Crippen molar-refractivity contribution in [2.75, 3.05) is 0 Å². The lowest BCUT2D eigenvalue weighted by Crippen LogP contribution is -1.81. The summed E-state index contributed by atoms with van der Waals surface area (Å²) < 4.78 is 35.8. The highest BCUT2D eigenvalue weighted by Crippen LogP contribution is 2.05. The number of halogens is 3. The summed E-state index contributed by atoms with van der Waals surface area (Å²) in [6.45, 7) is 0. The van der Waals surface area contributed by atoms with Crippen LogP contribution in [0.1, 0.15) is 6.42 Å². The fourth-order valence-corrected chi connectivity index (χ4v) is 1.11. The SMILES string of the molecule is Fc1cc(F)cc(F)c1.O=C=C1C=CC=CC1. The molecule has 1 aliphatic rings. The Hall–Kier alpha value is -2.06. The third-order valence-electron chi connectivity index (χ3n) is 1.84. The average Bonchev–Trinajstić information content (AvgIpc) is 2.29. The molecule has 1 aromatic carbocycles. The number of hydrogen-bond acceptors (Lipinski definition) is 1. The minimum Gasteiger partial charge on any atom is -0.233 e. The summed E-state index contributed by atoms with van der Waals surface area (Å²) in [4.78, 5) is 9.91. The molecule has 4 heteroatoms. The maximum atomic E-state index is 11.9. The summed E-state index contributed by atoms with van der Waals surface area (Å²) in [5.74, 6) is -0.855. The van der Waals surface area contributed by atoms with Crippen molar-refractivity contribution in [2.45, 2.75) is 6.42 Å².